The number of halogens is 1. The van der Waals surface area contributed by atoms with E-state index < -0.39 is 0 Å². The molecule has 0 saturated heterocycles. The summed E-state index contributed by atoms with van der Waals surface area (Å²) in [4.78, 5) is 0. The van der Waals surface area contributed by atoms with Crippen LogP contribution in [0.3, 0.4) is 0 Å². The van der Waals surface area contributed by atoms with Gasteiger partial charge in [0.25, 0.3) is 0 Å². The van der Waals surface area contributed by atoms with Crippen molar-refractivity contribution in [2.75, 3.05) is 19.8 Å². The minimum absolute atomic E-state index is 0.363. The molecule has 1 atom stereocenters. The lowest BCUT2D eigenvalue weighted by atomic mass is 10.1. The number of fused-ring (bicyclic) bond motifs is 1. The molecule has 1 unspecified atom stereocenters. The highest BCUT2D eigenvalue weighted by molar-refractivity contribution is 9.10. The number of ether oxygens (including phenoxy) is 2. The van der Waals surface area contributed by atoms with Gasteiger partial charge in [-0.3, -0.25) is 0 Å². The number of nitrogens with one attached hydrogen (secondary N) is 1. The van der Waals surface area contributed by atoms with Crippen molar-refractivity contribution in [3.05, 3.63) is 28.2 Å². The van der Waals surface area contributed by atoms with Crippen molar-refractivity contribution in [2.45, 2.75) is 19.9 Å². The molecule has 0 spiro atoms. The van der Waals surface area contributed by atoms with E-state index in [4.69, 9.17) is 9.47 Å². The summed E-state index contributed by atoms with van der Waals surface area (Å²) >= 11 is 3.52. The molecule has 0 saturated carbocycles. The van der Waals surface area contributed by atoms with E-state index >= 15 is 0 Å². The molecule has 1 N–H and O–H groups in total. The highest BCUT2D eigenvalue weighted by Crippen LogP contribution is 2.38. The molecule has 98 valence electrons. The molecule has 1 aliphatic rings. The third-order valence-electron chi connectivity index (χ3n) is 2.72. The number of rotatable bonds is 4. The van der Waals surface area contributed by atoms with Gasteiger partial charge in [-0.05, 0) is 47.1 Å². The molecule has 4 heteroatoms. The van der Waals surface area contributed by atoms with E-state index in [-0.39, 0.29) is 0 Å². The SMILES string of the molecule is CCNC(C)/C=C/c1cc(Br)c2c(c1)OCCO2. The van der Waals surface area contributed by atoms with Crippen LogP contribution in [0.4, 0.5) is 0 Å². The lowest BCUT2D eigenvalue weighted by Gasteiger charge is -2.20. The molecule has 3 nitrogen and oxygen atoms in total. The van der Waals surface area contributed by atoms with E-state index in [0.29, 0.717) is 19.3 Å². The maximum Gasteiger partial charge on any atom is 0.175 e. The Bertz CT molecular complexity index is 446. The van der Waals surface area contributed by atoms with Crippen molar-refractivity contribution < 1.29 is 9.47 Å². The van der Waals surface area contributed by atoms with Gasteiger partial charge in [-0.25, -0.2) is 0 Å². The van der Waals surface area contributed by atoms with Crippen LogP contribution < -0.4 is 14.8 Å². The number of hydrogen-bond donors (Lipinski definition) is 1. The fourth-order valence-corrected chi connectivity index (χ4v) is 2.45. The zero-order valence-electron chi connectivity index (χ0n) is 10.7. The van der Waals surface area contributed by atoms with Crippen LogP contribution >= 0.6 is 15.9 Å². The second-order valence-corrected chi connectivity index (χ2v) is 5.09. The van der Waals surface area contributed by atoms with E-state index in [0.717, 1.165) is 28.1 Å². The van der Waals surface area contributed by atoms with Gasteiger partial charge in [-0.2, -0.15) is 0 Å². The van der Waals surface area contributed by atoms with E-state index in [1.54, 1.807) is 0 Å². The average Bonchev–Trinajstić information content (AvgIpc) is 2.37. The summed E-state index contributed by atoms with van der Waals surface area (Å²) in [6.07, 6.45) is 4.23. The first-order chi connectivity index (χ1) is 8.70. The normalized spacial score (nSPS) is 15.9. The van der Waals surface area contributed by atoms with Gasteiger partial charge in [0.1, 0.15) is 13.2 Å². The Morgan fingerprint density at radius 3 is 2.94 bits per heavy atom. The first-order valence-corrected chi connectivity index (χ1v) is 7.00. The van der Waals surface area contributed by atoms with Crippen LogP contribution in [0.1, 0.15) is 19.4 Å². The second-order valence-electron chi connectivity index (χ2n) is 4.23. The van der Waals surface area contributed by atoms with Crippen LogP contribution in [-0.2, 0) is 0 Å². The largest absolute Gasteiger partial charge is 0.486 e. The molecule has 1 heterocycles. The summed E-state index contributed by atoms with van der Waals surface area (Å²) in [5, 5.41) is 3.34. The zero-order valence-corrected chi connectivity index (χ0v) is 12.3. The summed E-state index contributed by atoms with van der Waals surface area (Å²) in [6.45, 7) is 6.42. The second kappa shape index (κ2) is 6.25. The molecular formula is C14H18BrNO2. The van der Waals surface area contributed by atoms with Crippen LogP contribution in [0.25, 0.3) is 6.08 Å². The van der Waals surface area contributed by atoms with Gasteiger partial charge in [0.2, 0.25) is 0 Å². The third-order valence-corrected chi connectivity index (χ3v) is 3.31. The fraction of sp³-hybridized carbons (Fsp3) is 0.429. The van der Waals surface area contributed by atoms with Crippen molar-refractivity contribution in [2.24, 2.45) is 0 Å². The molecule has 1 aromatic carbocycles. The minimum atomic E-state index is 0.363. The van der Waals surface area contributed by atoms with Crippen LogP contribution in [0.2, 0.25) is 0 Å². The molecule has 1 aromatic rings. The minimum Gasteiger partial charge on any atom is -0.486 e. The summed E-state index contributed by atoms with van der Waals surface area (Å²) in [6, 6.07) is 4.42. The van der Waals surface area contributed by atoms with Gasteiger partial charge in [-0.15, -0.1) is 0 Å². The molecular weight excluding hydrogens is 294 g/mol. The Morgan fingerprint density at radius 1 is 1.39 bits per heavy atom. The lowest BCUT2D eigenvalue weighted by Crippen LogP contribution is -2.22. The highest BCUT2D eigenvalue weighted by atomic mass is 79.9. The molecule has 0 radical (unpaired) electrons. The molecule has 1 aliphatic heterocycles. The molecule has 0 fully saturated rings. The van der Waals surface area contributed by atoms with Crippen molar-refractivity contribution in [3.8, 4) is 11.5 Å². The van der Waals surface area contributed by atoms with Gasteiger partial charge < -0.3 is 14.8 Å². The maximum absolute atomic E-state index is 5.59. The van der Waals surface area contributed by atoms with E-state index in [9.17, 15) is 0 Å². The smallest absolute Gasteiger partial charge is 0.175 e. The van der Waals surface area contributed by atoms with Crippen molar-refractivity contribution in [3.63, 3.8) is 0 Å². The predicted molar refractivity (Wildman–Crippen MR) is 77.3 cm³/mol. The van der Waals surface area contributed by atoms with E-state index in [1.165, 1.54) is 0 Å². The summed E-state index contributed by atoms with van der Waals surface area (Å²) in [7, 11) is 0. The van der Waals surface area contributed by atoms with Crippen LogP contribution in [0, 0.1) is 0 Å². The third kappa shape index (κ3) is 3.27. The Hall–Kier alpha value is -1.00. The first-order valence-electron chi connectivity index (χ1n) is 6.21. The summed E-state index contributed by atoms with van der Waals surface area (Å²) < 4.78 is 12.1. The number of benzene rings is 1. The van der Waals surface area contributed by atoms with Gasteiger partial charge in [-0.1, -0.05) is 19.1 Å². The van der Waals surface area contributed by atoms with E-state index in [1.807, 2.05) is 12.1 Å². The van der Waals surface area contributed by atoms with Crippen molar-refractivity contribution in [1.29, 1.82) is 0 Å². The van der Waals surface area contributed by atoms with Gasteiger partial charge in [0.15, 0.2) is 11.5 Å². The molecule has 18 heavy (non-hydrogen) atoms. The van der Waals surface area contributed by atoms with Crippen molar-refractivity contribution in [1.82, 2.24) is 5.32 Å². The van der Waals surface area contributed by atoms with Crippen LogP contribution in [0.5, 0.6) is 11.5 Å². The van der Waals surface area contributed by atoms with Crippen molar-refractivity contribution >= 4 is 22.0 Å². The van der Waals surface area contributed by atoms with Gasteiger partial charge in [0, 0.05) is 6.04 Å². The average molecular weight is 312 g/mol. The summed E-state index contributed by atoms with van der Waals surface area (Å²) in [5.41, 5.74) is 1.11. The molecule has 0 bridgehead atoms. The predicted octanol–water partition coefficient (Wildman–Crippen LogP) is 3.23. The fourth-order valence-electron chi connectivity index (χ4n) is 1.87. The monoisotopic (exact) mass is 311 g/mol. The molecule has 0 aliphatic carbocycles. The zero-order chi connectivity index (χ0) is 13.0. The molecule has 0 aromatic heterocycles. The van der Waals surface area contributed by atoms with Gasteiger partial charge >= 0.3 is 0 Å². The van der Waals surface area contributed by atoms with E-state index in [2.05, 4.69) is 47.2 Å². The Kier molecular flexibility index (Phi) is 4.66. The molecule has 2 rings (SSSR count). The number of likely N-dealkylation sites (N-methyl/N-ethyl adjacent to an activating group) is 1. The Balaban J connectivity index is 2.17. The van der Waals surface area contributed by atoms with Gasteiger partial charge in [0.05, 0.1) is 4.47 Å². The Labute approximate surface area is 116 Å². The highest BCUT2D eigenvalue weighted by Gasteiger charge is 2.15. The maximum atomic E-state index is 5.59. The standard InChI is InChI=1S/C14H18BrNO2/c1-3-16-10(2)4-5-11-8-12(15)14-13(9-11)17-6-7-18-14/h4-5,8-10,16H,3,6-7H2,1-2H3/b5-4+. The first kappa shape index (κ1) is 13.4. The molecule has 0 amide bonds. The van der Waals surface area contributed by atoms with Crippen LogP contribution in [0.15, 0.2) is 22.7 Å². The lowest BCUT2D eigenvalue weighted by molar-refractivity contribution is 0.170. The number of hydrogen-bond acceptors (Lipinski definition) is 3. The summed E-state index contributed by atoms with van der Waals surface area (Å²) in [5.74, 6) is 1.62. The Morgan fingerprint density at radius 2 is 2.17 bits per heavy atom. The quantitative estimate of drug-likeness (QED) is 0.926. The topological polar surface area (TPSA) is 30.5 Å². The van der Waals surface area contributed by atoms with Crippen LogP contribution in [-0.4, -0.2) is 25.8 Å².